The Balaban J connectivity index is 2.60. The van der Waals surface area contributed by atoms with Gasteiger partial charge in [0.1, 0.15) is 0 Å². The summed E-state index contributed by atoms with van der Waals surface area (Å²) < 4.78 is 15.7. The van der Waals surface area contributed by atoms with Gasteiger partial charge in [0.15, 0.2) is 11.5 Å². The lowest BCUT2D eigenvalue weighted by atomic mass is 10.1. The smallest absolute Gasteiger partial charge is 0.161 e. The molecule has 0 aliphatic heterocycles. The fourth-order valence-electron chi connectivity index (χ4n) is 1.92. The zero-order chi connectivity index (χ0) is 15.0. The average Bonchev–Trinajstić information content (AvgIpc) is 2.46. The molecular weight excluding hydrogens is 258 g/mol. The lowest BCUT2D eigenvalue weighted by molar-refractivity contribution is 0.0889. The van der Waals surface area contributed by atoms with Crippen molar-refractivity contribution in [1.82, 2.24) is 4.90 Å². The van der Waals surface area contributed by atoms with E-state index in [1.54, 1.807) is 26.4 Å². The quantitative estimate of drug-likeness (QED) is 0.699. The van der Waals surface area contributed by atoms with E-state index in [1.165, 1.54) is 0 Å². The topological polar surface area (TPSA) is 51.2 Å². The van der Waals surface area contributed by atoms with Crippen molar-refractivity contribution in [3.8, 4) is 11.5 Å². The van der Waals surface area contributed by atoms with Gasteiger partial charge in [-0.1, -0.05) is 6.07 Å². The number of ether oxygens (including phenoxy) is 3. The molecule has 5 nitrogen and oxygen atoms in total. The molecule has 1 N–H and O–H groups in total. The van der Waals surface area contributed by atoms with Gasteiger partial charge < -0.3 is 24.2 Å². The van der Waals surface area contributed by atoms with Crippen LogP contribution in [0.4, 0.5) is 0 Å². The summed E-state index contributed by atoms with van der Waals surface area (Å²) >= 11 is 0. The van der Waals surface area contributed by atoms with Crippen LogP contribution in [0.3, 0.4) is 0 Å². The van der Waals surface area contributed by atoms with Crippen LogP contribution in [-0.4, -0.2) is 57.6 Å². The number of likely N-dealkylation sites (N-methyl/N-ethyl adjacent to an activating group) is 1. The van der Waals surface area contributed by atoms with E-state index < -0.39 is 6.10 Å². The maximum atomic E-state index is 10.3. The molecule has 0 heterocycles. The number of hydrogen-bond acceptors (Lipinski definition) is 5. The largest absolute Gasteiger partial charge is 0.493 e. The number of benzene rings is 1. The summed E-state index contributed by atoms with van der Waals surface area (Å²) in [4.78, 5) is 2.04. The molecule has 1 unspecified atom stereocenters. The van der Waals surface area contributed by atoms with Crippen molar-refractivity contribution >= 4 is 0 Å². The minimum Gasteiger partial charge on any atom is -0.493 e. The van der Waals surface area contributed by atoms with Gasteiger partial charge in [-0.15, -0.1) is 0 Å². The molecule has 0 spiro atoms. The van der Waals surface area contributed by atoms with Gasteiger partial charge in [-0.3, -0.25) is 0 Å². The van der Waals surface area contributed by atoms with E-state index in [-0.39, 0.29) is 0 Å². The van der Waals surface area contributed by atoms with E-state index in [4.69, 9.17) is 14.2 Å². The summed E-state index contributed by atoms with van der Waals surface area (Å²) in [5.74, 6) is 1.29. The summed E-state index contributed by atoms with van der Waals surface area (Å²) in [5, 5.41) is 10.3. The summed E-state index contributed by atoms with van der Waals surface area (Å²) in [7, 11) is 5.14. The second kappa shape index (κ2) is 8.79. The molecular formula is C15H25NO4. The average molecular weight is 283 g/mol. The first kappa shape index (κ1) is 16.8. The van der Waals surface area contributed by atoms with E-state index in [0.717, 1.165) is 12.1 Å². The Bertz CT molecular complexity index is 397. The van der Waals surface area contributed by atoms with Crippen molar-refractivity contribution in [2.45, 2.75) is 13.0 Å². The molecule has 1 atom stereocenters. The standard InChI is InChI=1S/C15H25NO4/c1-5-20-9-8-16(2)11-13(17)12-6-7-14(18-3)15(10-12)19-4/h6-7,10,13,17H,5,8-9,11H2,1-4H3. The Morgan fingerprint density at radius 2 is 1.90 bits per heavy atom. The molecule has 0 radical (unpaired) electrons. The highest BCUT2D eigenvalue weighted by molar-refractivity contribution is 5.43. The Morgan fingerprint density at radius 3 is 2.50 bits per heavy atom. The van der Waals surface area contributed by atoms with Crippen LogP contribution in [0.25, 0.3) is 0 Å². The fraction of sp³-hybridized carbons (Fsp3) is 0.600. The van der Waals surface area contributed by atoms with Crippen LogP contribution in [0.5, 0.6) is 11.5 Å². The first-order valence-corrected chi connectivity index (χ1v) is 6.78. The highest BCUT2D eigenvalue weighted by Gasteiger charge is 2.13. The summed E-state index contributed by atoms with van der Waals surface area (Å²) in [6.07, 6.45) is -0.568. The Morgan fingerprint density at radius 1 is 1.20 bits per heavy atom. The summed E-state index contributed by atoms with van der Waals surface area (Å²) in [6.45, 7) is 4.69. The van der Waals surface area contributed by atoms with E-state index in [2.05, 4.69) is 0 Å². The fourth-order valence-corrected chi connectivity index (χ4v) is 1.92. The molecule has 5 heteroatoms. The maximum absolute atomic E-state index is 10.3. The van der Waals surface area contributed by atoms with Gasteiger partial charge >= 0.3 is 0 Å². The van der Waals surface area contributed by atoms with Crippen LogP contribution in [0, 0.1) is 0 Å². The summed E-state index contributed by atoms with van der Waals surface area (Å²) in [5.41, 5.74) is 0.811. The molecule has 1 rings (SSSR count). The summed E-state index contributed by atoms with van der Waals surface area (Å²) in [6, 6.07) is 5.46. The van der Waals surface area contributed by atoms with Gasteiger partial charge in [0.25, 0.3) is 0 Å². The number of hydrogen-bond donors (Lipinski definition) is 1. The first-order chi connectivity index (χ1) is 9.62. The Kier molecular flexibility index (Phi) is 7.36. The highest BCUT2D eigenvalue weighted by atomic mass is 16.5. The van der Waals surface area contributed by atoms with Crippen LogP contribution in [0.15, 0.2) is 18.2 Å². The molecule has 0 bridgehead atoms. The molecule has 0 aliphatic carbocycles. The van der Waals surface area contributed by atoms with Crippen molar-refractivity contribution in [2.75, 3.05) is 47.6 Å². The number of aliphatic hydroxyl groups excluding tert-OH is 1. The second-order valence-corrected chi connectivity index (χ2v) is 4.59. The van der Waals surface area contributed by atoms with Gasteiger partial charge in [-0.05, 0) is 31.7 Å². The number of nitrogens with zero attached hydrogens (tertiary/aromatic N) is 1. The second-order valence-electron chi connectivity index (χ2n) is 4.59. The molecule has 0 fully saturated rings. The van der Waals surface area contributed by atoms with Gasteiger partial charge in [-0.2, -0.15) is 0 Å². The van der Waals surface area contributed by atoms with E-state index in [0.29, 0.717) is 31.3 Å². The number of rotatable bonds is 9. The predicted octanol–water partition coefficient (Wildman–Crippen LogP) is 1.71. The molecule has 0 saturated carbocycles. The van der Waals surface area contributed by atoms with Crippen LogP contribution < -0.4 is 9.47 Å². The first-order valence-electron chi connectivity index (χ1n) is 6.78. The van der Waals surface area contributed by atoms with Gasteiger partial charge in [0.2, 0.25) is 0 Å². The zero-order valence-corrected chi connectivity index (χ0v) is 12.8. The SMILES string of the molecule is CCOCCN(C)CC(O)c1ccc(OC)c(OC)c1. The number of aliphatic hydroxyl groups is 1. The van der Waals surface area contributed by atoms with Crippen LogP contribution in [0.1, 0.15) is 18.6 Å². The molecule has 114 valence electrons. The monoisotopic (exact) mass is 283 g/mol. The van der Waals surface area contributed by atoms with Crippen molar-refractivity contribution in [3.63, 3.8) is 0 Å². The third-order valence-corrected chi connectivity index (χ3v) is 3.10. The molecule has 1 aromatic carbocycles. The van der Waals surface area contributed by atoms with Gasteiger partial charge in [0.05, 0.1) is 26.9 Å². The highest BCUT2D eigenvalue weighted by Crippen LogP contribution is 2.30. The lowest BCUT2D eigenvalue weighted by Gasteiger charge is -2.21. The zero-order valence-electron chi connectivity index (χ0n) is 12.8. The normalized spacial score (nSPS) is 12.5. The minimum absolute atomic E-state index is 0.544. The van der Waals surface area contributed by atoms with E-state index >= 15 is 0 Å². The Hall–Kier alpha value is -1.30. The van der Waals surface area contributed by atoms with E-state index in [1.807, 2.05) is 24.9 Å². The minimum atomic E-state index is -0.568. The molecule has 0 saturated heterocycles. The molecule has 1 aromatic rings. The molecule has 0 aromatic heterocycles. The van der Waals surface area contributed by atoms with Gasteiger partial charge in [0, 0.05) is 19.7 Å². The van der Waals surface area contributed by atoms with Crippen LogP contribution in [-0.2, 0) is 4.74 Å². The van der Waals surface area contributed by atoms with Crippen molar-refractivity contribution < 1.29 is 19.3 Å². The Labute approximate surface area is 121 Å². The maximum Gasteiger partial charge on any atom is 0.161 e. The predicted molar refractivity (Wildman–Crippen MR) is 78.5 cm³/mol. The van der Waals surface area contributed by atoms with Crippen molar-refractivity contribution in [3.05, 3.63) is 23.8 Å². The third kappa shape index (κ3) is 5.00. The molecule has 0 aliphatic rings. The van der Waals surface area contributed by atoms with Crippen LogP contribution >= 0.6 is 0 Å². The lowest BCUT2D eigenvalue weighted by Crippen LogP contribution is -2.28. The van der Waals surface area contributed by atoms with Gasteiger partial charge in [-0.25, -0.2) is 0 Å². The third-order valence-electron chi connectivity index (χ3n) is 3.10. The molecule has 0 amide bonds. The molecule has 20 heavy (non-hydrogen) atoms. The number of methoxy groups -OCH3 is 2. The van der Waals surface area contributed by atoms with E-state index in [9.17, 15) is 5.11 Å². The van der Waals surface area contributed by atoms with Crippen molar-refractivity contribution in [1.29, 1.82) is 0 Å². The van der Waals surface area contributed by atoms with Crippen molar-refractivity contribution in [2.24, 2.45) is 0 Å². The van der Waals surface area contributed by atoms with Crippen LogP contribution in [0.2, 0.25) is 0 Å².